The van der Waals surface area contributed by atoms with Crippen molar-refractivity contribution in [2.24, 2.45) is 0 Å². The second kappa shape index (κ2) is 4.53. The molecule has 0 atom stereocenters. The summed E-state index contributed by atoms with van der Waals surface area (Å²) in [6, 6.07) is 4.54. The normalized spacial score (nSPS) is 14.7. The number of pyridine rings is 1. The topological polar surface area (TPSA) is 49.7 Å². The van der Waals surface area contributed by atoms with E-state index >= 15 is 0 Å². The molecule has 3 rings (SSSR count). The van der Waals surface area contributed by atoms with Crippen molar-refractivity contribution in [1.82, 2.24) is 19.7 Å². The summed E-state index contributed by atoms with van der Waals surface area (Å²) >= 11 is 5.28. The Bertz CT molecular complexity index is 584. The van der Waals surface area contributed by atoms with Crippen molar-refractivity contribution in [1.29, 1.82) is 0 Å². The second-order valence-corrected chi connectivity index (χ2v) is 5.03. The van der Waals surface area contributed by atoms with Gasteiger partial charge in [-0.1, -0.05) is 6.07 Å². The number of hydrogen-bond acceptors (Lipinski definition) is 4. The zero-order valence-corrected chi connectivity index (χ0v) is 11.0. The molecule has 2 heterocycles. The number of nitrogens with one attached hydrogen (secondary N) is 1. The Kier molecular flexibility index (Phi) is 2.87. The predicted molar refractivity (Wildman–Crippen MR) is 72.0 cm³/mol. The molecule has 18 heavy (non-hydrogen) atoms. The van der Waals surface area contributed by atoms with Crippen molar-refractivity contribution in [2.75, 3.05) is 11.9 Å². The van der Waals surface area contributed by atoms with E-state index in [1.54, 1.807) is 6.20 Å². The van der Waals surface area contributed by atoms with E-state index in [-0.39, 0.29) is 0 Å². The smallest absolute Gasteiger partial charge is 0.226 e. The van der Waals surface area contributed by atoms with Crippen LogP contribution >= 0.6 is 12.2 Å². The molecule has 1 saturated carbocycles. The highest BCUT2D eigenvalue weighted by atomic mass is 32.1. The van der Waals surface area contributed by atoms with Gasteiger partial charge in [0.1, 0.15) is 0 Å². The summed E-state index contributed by atoms with van der Waals surface area (Å²) in [5, 5.41) is 7.21. The van der Waals surface area contributed by atoms with Gasteiger partial charge in [0.25, 0.3) is 0 Å². The number of H-pyrrole nitrogens is 1. The van der Waals surface area contributed by atoms with E-state index in [9.17, 15) is 0 Å². The Morgan fingerprint density at radius 3 is 3.06 bits per heavy atom. The second-order valence-electron chi connectivity index (χ2n) is 4.65. The Morgan fingerprint density at radius 1 is 1.56 bits per heavy atom. The first-order valence-electron chi connectivity index (χ1n) is 6.02. The zero-order chi connectivity index (χ0) is 12.5. The minimum Gasteiger partial charge on any atom is -0.340 e. The molecule has 1 aliphatic rings. The van der Waals surface area contributed by atoms with Crippen LogP contribution in [0.25, 0.3) is 0 Å². The fourth-order valence-electron chi connectivity index (χ4n) is 2.06. The van der Waals surface area contributed by atoms with Gasteiger partial charge in [0.15, 0.2) is 4.77 Å². The number of rotatable bonds is 4. The first-order valence-corrected chi connectivity index (χ1v) is 6.43. The van der Waals surface area contributed by atoms with E-state index in [0.29, 0.717) is 10.8 Å². The molecule has 5 nitrogen and oxygen atoms in total. The molecule has 0 aliphatic heterocycles. The number of hydrogen-bond donors (Lipinski definition) is 1. The fraction of sp³-hybridized carbons (Fsp3) is 0.417. The summed E-state index contributed by atoms with van der Waals surface area (Å²) in [5.74, 6) is 0.909. The predicted octanol–water partition coefficient (Wildman–Crippen LogP) is 2.31. The molecule has 0 radical (unpaired) electrons. The van der Waals surface area contributed by atoms with Gasteiger partial charge in [-0.3, -0.25) is 9.55 Å². The third kappa shape index (κ3) is 2.15. The molecule has 0 unspecified atom stereocenters. The average Bonchev–Trinajstić information content (AvgIpc) is 3.13. The molecule has 1 aliphatic carbocycles. The van der Waals surface area contributed by atoms with Crippen molar-refractivity contribution in [3.05, 3.63) is 34.9 Å². The summed E-state index contributed by atoms with van der Waals surface area (Å²) in [5.41, 5.74) is 1.16. The zero-order valence-electron chi connectivity index (χ0n) is 10.2. The number of anilines is 1. The van der Waals surface area contributed by atoms with Gasteiger partial charge < -0.3 is 4.90 Å². The van der Waals surface area contributed by atoms with Gasteiger partial charge in [0, 0.05) is 32.0 Å². The van der Waals surface area contributed by atoms with Crippen molar-refractivity contribution in [3.63, 3.8) is 0 Å². The minimum atomic E-state index is 0.530. The number of aromatic nitrogens is 4. The Balaban J connectivity index is 1.84. The maximum atomic E-state index is 5.28. The largest absolute Gasteiger partial charge is 0.340 e. The standard InChI is InChI=1S/C12H15N5S/c1-16(8-9-3-2-6-13-7-9)11-14-15-12(18)17(11)10-4-5-10/h2-3,6-7,10H,4-5,8H2,1H3,(H,15,18). The quantitative estimate of drug-likeness (QED) is 0.858. The Morgan fingerprint density at radius 2 is 2.39 bits per heavy atom. The summed E-state index contributed by atoms with van der Waals surface area (Å²) in [6.07, 6.45) is 6.05. The summed E-state index contributed by atoms with van der Waals surface area (Å²) < 4.78 is 2.83. The summed E-state index contributed by atoms with van der Waals surface area (Å²) in [4.78, 5) is 6.22. The molecular formula is C12H15N5S. The van der Waals surface area contributed by atoms with Crippen molar-refractivity contribution in [3.8, 4) is 0 Å². The highest BCUT2D eigenvalue weighted by molar-refractivity contribution is 7.71. The molecular weight excluding hydrogens is 246 g/mol. The lowest BCUT2D eigenvalue weighted by molar-refractivity contribution is 0.700. The van der Waals surface area contributed by atoms with Gasteiger partial charge in [-0.25, -0.2) is 5.10 Å². The molecule has 6 heteroatoms. The molecule has 1 fully saturated rings. The third-order valence-corrected chi connectivity index (χ3v) is 3.37. The van der Waals surface area contributed by atoms with E-state index in [0.717, 1.165) is 18.1 Å². The molecule has 2 aromatic heterocycles. The molecule has 94 valence electrons. The number of nitrogens with zero attached hydrogens (tertiary/aromatic N) is 4. The summed E-state index contributed by atoms with van der Waals surface area (Å²) in [7, 11) is 2.02. The van der Waals surface area contributed by atoms with Gasteiger partial charge in [-0.15, -0.1) is 5.10 Å². The van der Waals surface area contributed by atoms with Gasteiger partial charge in [0.2, 0.25) is 5.95 Å². The van der Waals surface area contributed by atoms with Crippen LogP contribution in [0.4, 0.5) is 5.95 Å². The van der Waals surface area contributed by atoms with Crippen LogP contribution < -0.4 is 4.90 Å². The average molecular weight is 261 g/mol. The lowest BCUT2D eigenvalue weighted by Gasteiger charge is -2.18. The van der Waals surface area contributed by atoms with E-state index in [2.05, 4.69) is 30.7 Å². The molecule has 0 saturated heterocycles. The fourth-order valence-corrected chi connectivity index (χ4v) is 2.34. The maximum Gasteiger partial charge on any atom is 0.226 e. The van der Waals surface area contributed by atoms with E-state index in [1.165, 1.54) is 12.8 Å². The molecule has 0 aromatic carbocycles. The SMILES string of the molecule is CN(Cc1cccnc1)c1n[nH]c(=S)n1C1CC1. The van der Waals surface area contributed by atoms with Gasteiger partial charge in [-0.2, -0.15) is 0 Å². The first kappa shape index (κ1) is 11.4. The Hall–Kier alpha value is -1.69. The molecule has 1 N–H and O–H groups in total. The molecule has 2 aromatic rings. The molecule has 0 bridgehead atoms. The van der Waals surface area contributed by atoms with E-state index < -0.39 is 0 Å². The van der Waals surface area contributed by atoms with E-state index in [1.807, 2.05) is 19.3 Å². The maximum absolute atomic E-state index is 5.28. The van der Waals surface area contributed by atoms with E-state index in [4.69, 9.17) is 12.2 Å². The van der Waals surface area contributed by atoms with Crippen molar-refractivity contribution < 1.29 is 0 Å². The van der Waals surface area contributed by atoms with Crippen LogP contribution in [0, 0.1) is 4.77 Å². The van der Waals surface area contributed by atoms with Crippen molar-refractivity contribution >= 4 is 18.2 Å². The van der Waals surface area contributed by atoms with Crippen LogP contribution in [0.15, 0.2) is 24.5 Å². The van der Waals surface area contributed by atoms with Crippen LogP contribution in [0.5, 0.6) is 0 Å². The lowest BCUT2D eigenvalue weighted by atomic mass is 10.3. The van der Waals surface area contributed by atoms with Gasteiger partial charge in [0.05, 0.1) is 0 Å². The molecule has 0 amide bonds. The summed E-state index contributed by atoms with van der Waals surface area (Å²) in [6.45, 7) is 0.778. The third-order valence-electron chi connectivity index (χ3n) is 3.08. The van der Waals surface area contributed by atoms with Crippen LogP contribution in [-0.2, 0) is 6.54 Å². The first-order chi connectivity index (χ1) is 8.75. The number of aromatic amines is 1. The lowest BCUT2D eigenvalue weighted by Crippen LogP contribution is -2.20. The Labute approximate surface area is 110 Å². The van der Waals surface area contributed by atoms with Crippen LogP contribution in [0.2, 0.25) is 0 Å². The van der Waals surface area contributed by atoms with Gasteiger partial charge in [-0.05, 0) is 36.7 Å². The molecule has 0 spiro atoms. The van der Waals surface area contributed by atoms with Crippen LogP contribution in [0.1, 0.15) is 24.4 Å². The van der Waals surface area contributed by atoms with Gasteiger partial charge >= 0.3 is 0 Å². The highest BCUT2D eigenvalue weighted by Crippen LogP contribution is 2.37. The van der Waals surface area contributed by atoms with Crippen molar-refractivity contribution in [2.45, 2.75) is 25.4 Å². The highest BCUT2D eigenvalue weighted by Gasteiger charge is 2.28. The van der Waals surface area contributed by atoms with Crippen LogP contribution in [0.3, 0.4) is 0 Å². The monoisotopic (exact) mass is 261 g/mol. The van der Waals surface area contributed by atoms with Crippen LogP contribution in [-0.4, -0.2) is 26.8 Å². The minimum absolute atomic E-state index is 0.530.